The van der Waals surface area contributed by atoms with Crippen LogP contribution in [-0.4, -0.2) is 54.1 Å². The van der Waals surface area contributed by atoms with Crippen LogP contribution in [0.2, 0.25) is 0 Å². The molecule has 2 unspecified atom stereocenters. The number of carbonyl (C=O) groups excluding carboxylic acids is 3. The molecule has 2 bridgehead atoms. The van der Waals surface area contributed by atoms with Crippen LogP contribution >= 0.6 is 0 Å². The van der Waals surface area contributed by atoms with Gasteiger partial charge in [-0.15, -0.1) is 0 Å². The van der Waals surface area contributed by atoms with Gasteiger partial charge in [-0.1, -0.05) is 0 Å². The highest BCUT2D eigenvalue weighted by Gasteiger charge is 2.47. The third-order valence-corrected chi connectivity index (χ3v) is 6.76. The number of amides is 3. The quantitative estimate of drug-likeness (QED) is 0.758. The minimum absolute atomic E-state index is 0.0135. The Kier molecular flexibility index (Phi) is 4.31. The third kappa shape index (κ3) is 3.14. The van der Waals surface area contributed by atoms with Crippen molar-refractivity contribution in [2.24, 2.45) is 5.14 Å². The summed E-state index contributed by atoms with van der Waals surface area (Å²) < 4.78 is 22.7. The molecular formula is C18H21N3O5S. The fourth-order valence-electron chi connectivity index (χ4n) is 4.63. The van der Waals surface area contributed by atoms with Crippen LogP contribution in [0, 0.1) is 0 Å². The Hall–Kier alpha value is -2.26. The first-order valence-electron chi connectivity index (χ1n) is 9.06. The van der Waals surface area contributed by atoms with E-state index in [-0.39, 0.29) is 53.6 Å². The van der Waals surface area contributed by atoms with Crippen molar-refractivity contribution in [2.45, 2.75) is 61.5 Å². The van der Waals surface area contributed by atoms with Crippen molar-refractivity contribution >= 4 is 27.7 Å². The summed E-state index contributed by atoms with van der Waals surface area (Å²) in [5.74, 6) is -0.369. The Labute approximate surface area is 157 Å². The molecule has 1 aromatic carbocycles. The average Bonchev–Trinajstić information content (AvgIpc) is 3.09. The van der Waals surface area contributed by atoms with Crippen LogP contribution in [0.5, 0.6) is 0 Å². The zero-order valence-electron chi connectivity index (χ0n) is 14.7. The molecule has 3 saturated heterocycles. The lowest BCUT2D eigenvalue weighted by molar-refractivity contribution is -0.142. The van der Waals surface area contributed by atoms with E-state index in [0.29, 0.717) is 18.4 Å². The molecule has 0 aliphatic carbocycles. The fraction of sp³-hybridized carbons (Fsp3) is 0.500. The normalized spacial score (nSPS) is 28.1. The van der Waals surface area contributed by atoms with Crippen molar-refractivity contribution < 1.29 is 22.8 Å². The molecular weight excluding hydrogens is 370 g/mol. The first-order chi connectivity index (χ1) is 12.8. The van der Waals surface area contributed by atoms with Gasteiger partial charge < -0.3 is 4.90 Å². The highest BCUT2D eigenvalue weighted by Crippen LogP contribution is 2.39. The summed E-state index contributed by atoms with van der Waals surface area (Å²) in [6.45, 7) is 0. The van der Waals surface area contributed by atoms with Crippen molar-refractivity contribution in [3.63, 3.8) is 0 Å². The third-order valence-electron chi connectivity index (χ3n) is 5.83. The van der Waals surface area contributed by atoms with E-state index < -0.39 is 10.0 Å². The van der Waals surface area contributed by atoms with Crippen molar-refractivity contribution in [1.29, 1.82) is 0 Å². The molecule has 2 N–H and O–H groups in total. The lowest BCUT2D eigenvalue weighted by Crippen LogP contribution is -2.53. The highest BCUT2D eigenvalue weighted by atomic mass is 32.2. The minimum Gasteiger partial charge on any atom is -0.333 e. The van der Waals surface area contributed by atoms with E-state index in [1.54, 1.807) is 0 Å². The Balaban J connectivity index is 1.52. The molecule has 8 nitrogen and oxygen atoms in total. The van der Waals surface area contributed by atoms with Crippen molar-refractivity contribution in [3.8, 4) is 0 Å². The van der Waals surface area contributed by atoms with Gasteiger partial charge in [-0.2, -0.15) is 0 Å². The predicted octanol–water partition coefficient (Wildman–Crippen LogP) is 0.619. The molecule has 0 spiro atoms. The van der Waals surface area contributed by atoms with Gasteiger partial charge in [0.05, 0.1) is 4.90 Å². The molecule has 144 valence electrons. The number of likely N-dealkylation sites (tertiary alicyclic amines) is 1. The van der Waals surface area contributed by atoms with Gasteiger partial charge in [-0.25, -0.2) is 13.6 Å². The summed E-state index contributed by atoms with van der Waals surface area (Å²) in [6, 6.07) is 5.46. The standard InChI is InChI=1S/C18H21N3O5S/c19-27(25,26)15-5-1-11(2-6-15)18(24)20-12-3-4-13(20)10-14(9-12)21-16(22)7-8-17(21)23/h1-2,5-6,12-14H,3-4,7-10H2,(H2,19,25,26). The van der Waals surface area contributed by atoms with Crippen molar-refractivity contribution in [3.05, 3.63) is 29.8 Å². The molecule has 3 fully saturated rings. The zero-order chi connectivity index (χ0) is 19.3. The lowest BCUT2D eigenvalue weighted by Gasteiger charge is -2.41. The monoisotopic (exact) mass is 391 g/mol. The van der Waals surface area contributed by atoms with E-state index in [2.05, 4.69) is 0 Å². The Morgan fingerprint density at radius 2 is 1.44 bits per heavy atom. The Bertz CT molecular complexity index is 881. The summed E-state index contributed by atoms with van der Waals surface area (Å²) in [5, 5.41) is 5.09. The van der Waals surface area contributed by atoms with Gasteiger partial charge >= 0.3 is 0 Å². The molecule has 0 radical (unpaired) electrons. The summed E-state index contributed by atoms with van der Waals surface area (Å²) in [4.78, 5) is 40.3. The van der Waals surface area contributed by atoms with Crippen LogP contribution in [0.4, 0.5) is 0 Å². The van der Waals surface area contributed by atoms with Gasteiger partial charge in [0.2, 0.25) is 21.8 Å². The van der Waals surface area contributed by atoms with E-state index in [1.165, 1.54) is 29.2 Å². The first-order valence-corrected chi connectivity index (χ1v) is 10.6. The van der Waals surface area contributed by atoms with Crippen LogP contribution in [0.1, 0.15) is 48.9 Å². The second-order valence-corrected chi connectivity index (χ2v) is 9.01. The molecule has 0 saturated carbocycles. The van der Waals surface area contributed by atoms with Gasteiger partial charge in [0.25, 0.3) is 5.91 Å². The number of sulfonamides is 1. The number of primary sulfonamides is 1. The maximum Gasteiger partial charge on any atom is 0.254 e. The molecule has 27 heavy (non-hydrogen) atoms. The summed E-state index contributed by atoms with van der Waals surface area (Å²) in [7, 11) is -3.80. The number of nitrogens with zero attached hydrogens (tertiary/aromatic N) is 2. The maximum absolute atomic E-state index is 13.0. The molecule has 3 amide bonds. The number of carbonyl (C=O) groups is 3. The maximum atomic E-state index is 13.0. The van der Waals surface area contributed by atoms with Crippen molar-refractivity contribution in [1.82, 2.24) is 9.80 Å². The molecule has 4 rings (SSSR count). The largest absolute Gasteiger partial charge is 0.333 e. The minimum atomic E-state index is -3.80. The number of hydrogen-bond donors (Lipinski definition) is 1. The molecule has 2 atom stereocenters. The van der Waals surface area contributed by atoms with E-state index in [9.17, 15) is 22.8 Å². The topological polar surface area (TPSA) is 118 Å². The van der Waals surface area contributed by atoms with E-state index >= 15 is 0 Å². The van der Waals surface area contributed by atoms with Crippen LogP contribution < -0.4 is 5.14 Å². The molecule has 3 heterocycles. The van der Waals surface area contributed by atoms with E-state index in [4.69, 9.17) is 5.14 Å². The van der Waals surface area contributed by atoms with Crippen LogP contribution in [0.25, 0.3) is 0 Å². The second kappa shape index (κ2) is 6.42. The Morgan fingerprint density at radius 3 is 1.93 bits per heavy atom. The summed E-state index contributed by atoms with van der Waals surface area (Å²) >= 11 is 0. The molecule has 1 aromatic rings. The van der Waals surface area contributed by atoms with Crippen LogP contribution in [-0.2, 0) is 19.6 Å². The van der Waals surface area contributed by atoms with E-state index in [1.807, 2.05) is 4.90 Å². The van der Waals surface area contributed by atoms with Crippen molar-refractivity contribution in [2.75, 3.05) is 0 Å². The second-order valence-electron chi connectivity index (χ2n) is 7.45. The van der Waals surface area contributed by atoms with Gasteiger partial charge in [-0.3, -0.25) is 19.3 Å². The number of piperidine rings is 1. The smallest absolute Gasteiger partial charge is 0.254 e. The van der Waals surface area contributed by atoms with Gasteiger partial charge in [0.1, 0.15) is 0 Å². The molecule has 0 aromatic heterocycles. The van der Waals surface area contributed by atoms with Gasteiger partial charge in [0, 0.05) is 36.5 Å². The number of nitrogens with two attached hydrogens (primary N) is 1. The highest BCUT2D eigenvalue weighted by molar-refractivity contribution is 7.89. The summed E-state index contributed by atoms with van der Waals surface area (Å²) in [5.41, 5.74) is 0.408. The van der Waals surface area contributed by atoms with Crippen LogP contribution in [0.3, 0.4) is 0 Å². The van der Waals surface area contributed by atoms with Gasteiger partial charge in [0.15, 0.2) is 0 Å². The SMILES string of the molecule is NS(=O)(=O)c1ccc(C(=O)N2C3CCC2CC(N2C(=O)CCC2=O)C3)cc1. The predicted molar refractivity (Wildman–Crippen MR) is 94.9 cm³/mol. The summed E-state index contributed by atoms with van der Waals surface area (Å²) in [6.07, 6.45) is 3.47. The van der Waals surface area contributed by atoms with Gasteiger partial charge in [-0.05, 0) is 49.9 Å². The molecule has 3 aliphatic heterocycles. The molecule has 3 aliphatic rings. The number of imide groups is 1. The van der Waals surface area contributed by atoms with E-state index in [0.717, 1.165) is 12.8 Å². The zero-order valence-corrected chi connectivity index (χ0v) is 15.5. The fourth-order valence-corrected chi connectivity index (χ4v) is 5.14. The van der Waals surface area contributed by atoms with Crippen LogP contribution in [0.15, 0.2) is 29.2 Å². The number of fused-ring (bicyclic) bond motifs is 2. The average molecular weight is 391 g/mol. The number of hydrogen-bond acceptors (Lipinski definition) is 5. The first kappa shape index (κ1) is 18.1. The number of rotatable bonds is 3. The number of benzene rings is 1. The molecule has 9 heteroatoms. The lowest BCUT2D eigenvalue weighted by atomic mass is 9.95. The Morgan fingerprint density at radius 1 is 0.926 bits per heavy atom.